The van der Waals surface area contributed by atoms with Gasteiger partial charge in [0.05, 0.1) is 17.8 Å². The molecule has 152 valence electrons. The van der Waals surface area contributed by atoms with Crippen LogP contribution >= 0.6 is 46.0 Å². The second-order valence-corrected chi connectivity index (χ2v) is 9.90. The minimum Gasteiger partial charge on any atom is -0.344 e. The van der Waals surface area contributed by atoms with Gasteiger partial charge in [-0.2, -0.15) is 0 Å². The van der Waals surface area contributed by atoms with E-state index >= 15 is 0 Å². The Morgan fingerprint density at radius 3 is 2.79 bits per heavy atom. The largest absolute Gasteiger partial charge is 0.344 e. The second-order valence-electron chi connectivity index (χ2n) is 6.38. The Hall–Kier alpha value is -1.94. The molecule has 0 radical (unpaired) electrons. The lowest BCUT2D eigenvalue weighted by molar-refractivity contribution is -0.115. The Bertz CT molecular complexity index is 1030. The van der Waals surface area contributed by atoms with Crippen molar-refractivity contribution in [2.75, 3.05) is 19.4 Å². The lowest BCUT2D eigenvalue weighted by Gasteiger charge is -2.07. The quantitative estimate of drug-likeness (QED) is 0.509. The summed E-state index contributed by atoms with van der Waals surface area (Å²) in [5.74, 6) is 0.432. The van der Waals surface area contributed by atoms with Crippen LogP contribution in [0.25, 0.3) is 0 Å². The van der Waals surface area contributed by atoms with Gasteiger partial charge in [0.2, 0.25) is 5.91 Å². The van der Waals surface area contributed by atoms with E-state index in [4.69, 9.17) is 11.6 Å². The van der Waals surface area contributed by atoms with E-state index in [9.17, 15) is 9.59 Å². The third-order valence-electron chi connectivity index (χ3n) is 3.77. The van der Waals surface area contributed by atoms with Gasteiger partial charge in [0, 0.05) is 30.3 Å². The van der Waals surface area contributed by atoms with Gasteiger partial charge in [-0.05, 0) is 24.6 Å². The summed E-state index contributed by atoms with van der Waals surface area (Å²) in [6.45, 7) is 1.76. The summed E-state index contributed by atoms with van der Waals surface area (Å²) >= 11 is 10.3. The van der Waals surface area contributed by atoms with E-state index in [0.29, 0.717) is 26.4 Å². The normalized spacial score (nSPS) is 10.8. The summed E-state index contributed by atoms with van der Waals surface area (Å²) in [5.41, 5.74) is 2.44. The number of benzene rings is 1. The van der Waals surface area contributed by atoms with Gasteiger partial charge in [-0.3, -0.25) is 9.59 Å². The number of carbonyl (C=O) groups excluding carboxylic acids is 2. The monoisotopic (exact) mass is 466 g/mol. The van der Waals surface area contributed by atoms with Gasteiger partial charge in [0.1, 0.15) is 9.22 Å². The zero-order chi connectivity index (χ0) is 21.0. The van der Waals surface area contributed by atoms with Crippen molar-refractivity contribution in [3.63, 3.8) is 0 Å². The topological polar surface area (TPSA) is 75.2 Å². The van der Waals surface area contributed by atoms with E-state index in [2.05, 4.69) is 15.3 Å². The van der Waals surface area contributed by atoms with Gasteiger partial charge in [-0.25, -0.2) is 9.97 Å². The highest BCUT2D eigenvalue weighted by Crippen LogP contribution is 2.28. The first-order valence-corrected chi connectivity index (χ1v) is 11.7. The molecule has 6 nitrogen and oxygen atoms in total. The maximum atomic E-state index is 12.3. The number of amides is 2. The van der Waals surface area contributed by atoms with E-state index in [1.807, 2.05) is 29.6 Å². The summed E-state index contributed by atoms with van der Waals surface area (Å²) < 4.78 is 0.900. The number of aryl methyl sites for hydroxylation is 1. The number of nitrogens with zero attached hydrogens (tertiary/aromatic N) is 3. The number of rotatable bonds is 7. The minimum atomic E-state index is -0.209. The van der Waals surface area contributed by atoms with Gasteiger partial charge in [-0.1, -0.05) is 46.8 Å². The standard InChI is InChI=1S/C19H19ClN4O2S3/c1-11-16(17(26)24(2)3)29-18(21-11)23-15(25)8-14-10-28-19(22-14)27-9-12-5-4-6-13(20)7-12/h4-7,10H,8-9H2,1-3H3,(H,21,23,25). The fourth-order valence-electron chi connectivity index (χ4n) is 2.39. The number of aromatic nitrogens is 2. The highest BCUT2D eigenvalue weighted by atomic mass is 35.5. The number of halogens is 1. The fourth-order valence-corrected chi connectivity index (χ4v) is 5.39. The van der Waals surface area contributed by atoms with Crippen LogP contribution in [0.15, 0.2) is 34.0 Å². The molecule has 0 aliphatic heterocycles. The molecule has 0 bridgehead atoms. The molecule has 0 fully saturated rings. The number of thiazole rings is 2. The summed E-state index contributed by atoms with van der Waals surface area (Å²) in [6.07, 6.45) is 0.157. The van der Waals surface area contributed by atoms with Crippen molar-refractivity contribution in [2.24, 2.45) is 0 Å². The Labute approximate surface area is 186 Å². The first-order valence-electron chi connectivity index (χ1n) is 8.62. The number of carbonyl (C=O) groups is 2. The van der Waals surface area contributed by atoms with E-state index < -0.39 is 0 Å². The van der Waals surface area contributed by atoms with E-state index in [1.165, 1.54) is 27.6 Å². The van der Waals surface area contributed by atoms with Crippen molar-refractivity contribution in [2.45, 2.75) is 23.4 Å². The molecule has 0 saturated carbocycles. The van der Waals surface area contributed by atoms with Crippen LogP contribution in [0.3, 0.4) is 0 Å². The molecule has 0 aliphatic carbocycles. The van der Waals surface area contributed by atoms with Crippen LogP contribution in [0.4, 0.5) is 5.13 Å². The third kappa shape index (κ3) is 6.02. The van der Waals surface area contributed by atoms with Crippen LogP contribution in [-0.4, -0.2) is 40.8 Å². The van der Waals surface area contributed by atoms with Crippen molar-refractivity contribution in [1.82, 2.24) is 14.9 Å². The molecule has 0 unspecified atom stereocenters. The number of nitrogens with one attached hydrogen (secondary N) is 1. The highest BCUT2D eigenvalue weighted by Gasteiger charge is 2.18. The van der Waals surface area contributed by atoms with Crippen molar-refractivity contribution >= 4 is 63.0 Å². The first kappa shape index (κ1) is 21.8. The first-order chi connectivity index (χ1) is 13.8. The third-order valence-corrected chi connectivity index (χ3v) is 7.20. The molecule has 29 heavy (non-hydrogen) atoms. The Balaban J connectivity index is 1.55. The summed E-state index contributed by atoms with van der Waals surface area (Å²) in [7, 11) is 3.37. The SMILES string of the molecule is Cc1nc(NC(=O)Cc2csc(SCc3cccc(Cl)c3)n2)sc1C(=O)N(C)C. The molecule has 3 rings (SSSR count). The van der Waals surface area contributed by atoms with Crippen LogP contribution in [0.2, 0.25) is 5.02 Å². The molecular formula is C19H19ClN4O2S3. The maximum Gasteiger partial charge on any atom is 0.265 e. The van der Waals surface area contributed by atoms with Crippen molar-refractivity contribution in [3.05, 3.63) is 56.5 Å². The van der Waals surface area contributed by atoms with Crippen molar-refractivity contribution in [1.29, 1.82) is 0 Å². The van der Waals surface area contributed by atoms with Gasteiger partial charge < -0.3 is 10.2 Å². The zero-order valence-electron chi connectivity index (χ0n) is 16.1. The highest BCUT2D eigenvalue weighted by molar-refractivity contribution is 8.00. The van der Waals surface area contributed by atoms with Crippen LogP contribution in [0.5, 0.6) is 0 Å². The molecule has 3 aromatic rings. The molecule has 0 atom stereocenters. The summed E-state index contributed by atoms with van der Waals surface area (Å²) in [4.78, 5) is 35.2. The van der Waals surface area contributed by atoms with Crippen molar-refractivity contribution in [3.8, 4) is 0 Å². The number of thioether (sulfide) groups is 1. The van der Waals surface area contributed by atoms with Crippen LogP contribution in [0.1, 0.15) is 26.6 Å². The second kappa shape index (κ2) is 9.71. The maximum absolute atomic E-state index is 12.3. The molecule has 0 saturated heterocycles. The van der Waals surface area contributed by atoms with Crippen molar-refractivity contribution < 1.29 is 9.59 Å². The average molecular weight is 467 g/mol. The molecule has 0 aliphatic rings. The molecule has 1 aromatic carbocycles. The molecule has 2 aromatic heterocycles. The Morgan fingerprint density at radius 2 is 2.07 bits per heavy atom. The number of hydrogen-bond acceptors (Lipinski definition) is 7. The summed E-state index contributed by atoms with van der Waals surface area (Å²) in [6, 6.07) is 7.72. The molecule has 1 N–H and O–H groups in total. The lowest BCUT2D eigenvalue weighted by Crippen LogP contribution is -2.21. The number of hydrogen-bond donors (Lipinski definition) is 1. The smallest absolute Gasteiger partial charge is 0.265 e. The fraction of sp³-hybridized carbons (Fsp3) is 0.263. The molecule has 2 heterocycles. The van der Waals surface area contributed by atoms with Gasteiger partial charge in [0.25, 0.3) is 5.91 Å². The predicted octanol–water partition coefficient (Wildman–Crippen LogP) is 4.74. The minimum absolute atomic E-state index is 0.124. The van der Waals surface area contributed by atoms with E-state index in [1.54, 1.807) is 32.8 Å². The number of anilines is 1. The lowest BCUT2D eigenvalue weighted by atomic mass is 10.2. The molecular weight excluding hydrogens is 448 g/mol. The van der Waals surface area contributed by atoms with Gasteiger partial charge in [-0.15, -0.1) is 11.3 Å². The summed E-state index contributed by atoms with van der Waals surface area (Å²) in [5, 5.41) is 5.78. The van der Waals surface area contributed by atoms with Gasteiger partial charge in [0.15, 0.2) is 5.13 Å². The van der Waals surface area contributed by atoms with Crippen LogP contribution in [0, 0.1) is 6.92 Å². The van der Waals surface area contributed by atoms with E-state index in [-0.39, 0.29) is 18.2 Å². The van der Waals surface area contributed by atoms with E-state index in [0.717, 1.165) is 15.7 Å². The molecule has 2 amide bonds. The Morgan fingerprint density at radius 1 is 1.28 bits per heavy atom. The molecule has 0 spiro atoms. The average Bonchev–Trinajstić information content (AvgIpc) is 3.25. The van der Waals surface area contributed by atoms with Crippen LogP contribution in [-0.2, 0) is 17.0 Å². The predicted molar refractivity (Wildman–Crippen MR) is 120 cm³/mol. The molecule has 10 heteroatoms. The zero-order valence-corrected chi connectivity index (χ0v) is 19.3. The Kier molecular flexibility index (Phi) is 7.28. The van der Waals surface area contributed by atoms with Crippen LogP contribution < -0.4 is 5.32 Å². The van der Waals surface area contributed by atoms with Gasteiger partial charge >= 0.3 is 0 Å².